The molecule has 124 valence electrons. The molecule has 2 fully saturated rings. The molecule has 1 saturated carbocycles. The maximum atomic E-state index is 3.84. The van der Waals surface area contributed by atoms with Gasteiger partial charge in [-0.1, -0.05) is 54.4 Å². The molecular weight excluding hydrogens is 256 g/mol. The summed E-state index contributed by atoms with van der Waals surface area (Å²) in [7, 11) is 0. The van der Waals surface area contributed by atoms with Crippen molar-refractivity contribution in [2.75, 3.05) is 13.1 Å². The molecule has 2 nitrogen and oxygen atoms in total. The van der Waals surface area contributed by atoms with E-state index in [9.17, 15) is 0 Å². The topological polar surface area (TPSA) is 15.3 Å². The number of nitrogens with zero attached hydrogens (tertiary/aromatic N) is 1. The van der Waals surface area contributed by atoms with E-state index >= 15 is 0 Å². The standard InChI is InChI=1S/C19H38N2/c1-13(2)10-17-12-21(19(11-20-17)14(3)4)18-9-7-8-15(5)16(18)6/h13-20H,7-12H2,1-6H3. The number of hydrogen-bond donors (Lipinski definition) is 1. The van der Waals surface area contributed by atoms with E-state index < -0.39 is 0 Å². The first kappa shape index (κ1) is 17.3. The summed E-state index contributed by atoms with van der Waals surface area (Å²) in [6, 6.07) is 2.24. The Morgan fingerprint density at radius 2 is 1.81 bits per heavy atom. The van der Waals surface area contributed by atoms with Crippen LogP contribution < -0.4 is 5.32 Å². The molecule has 5 unspecified atom stereocenters. The van der Waals surface area contributed by atoms with Crippen molar-refractivity contribution in [1.82, 2.24) is 10.2 Å². The first-order chi connectivity index (χ1) is 9.90. The summed E-state index contributed by atoms with van der Waals surface area (Å²) in [6.45, 7) is 16.9. The molecule has 1 N–H and O–H groups in total. The van der Waals surface area contributed by atoms with Crippen molar-refractivity contribution in [2.24, 2.45) is 23.7 Å². The molecule has 1 saturated heterocycles. The molecule has 0 amide bonds. The van der Waals surface area contributed by atoms with Crippen LogP contribution in [0.1, 0.15) is 67.2 Å². The highest BCUT2D eigenvalue weighted by molar-refractivity contribution is 4.95. The van der Waals surface area contributed by atoms with Gasteiger partial charge in [-0.25, -0.2) is 0 Å². The fourth-order valence-electron chi connectivity index (χ4n) is 4.61. The summed E-state index contributed by atoms with van der Waals surface area (Å²) in [6.07, 6.45) is 5.60. The summed E-state index contributed by atoms with van der Waals surface area (Å²) in [5.41, 5.74) is 0. The average molecular weight is 295 g/mol. The van der Waals surface area contributed by atoms with Crippen LogP contribution >= 0.6 is 0 Å². The second-order valence-corrected chi connectivity index (χ2v) is 8.58. The Hall–Kier alpha value is -0.0800. The van der Waals surface area contributed by atoms with Crippen LogP contribution in [0.4, 0.5) is 0 Å². The number of rotatable bonds is 4. The molecule has 0 aromatic heterocycles. The van der Waals surface area contributed by atoms with Gasteiger partial charge in [0.15, 0.2) is 0 Å². The molecule has 2 rings (SSSR count). The van der Waals surface area contributed by atoms with Crippen LogP contribution in [0.5, 0.6) is 0 Å². The van der Waals surface area contributed by atoms with Gasteiger partial charge in [0.25, 0.3) is 0 Å². The van der Waals surface area contributed by atoms with Crippen LogP contribution in [-0.4, -0.2) is 36.1 Å². The summed E-state index contributed by atoms with van der Waals surface area (Å²) in [4.78, 5) is 2.91. The van der Waals surface area contributed by atoms with Gasteiger partial charge in [-0.2, -0.15) is 0 Å². The highest BCUT2D eigenvalue weighted by Crippen LogP contribution is 2.35. The predicted molar refractivity (Wildman–Crippen MR) is 92.5 cm³/mol. The van der Waals surface area contributed by atoms with E-state index in [1.807, 2.05) is 0 Å². The van der Waals surface area contributed by atoms with Gasteiger partial charge in [0.2, 0.25) is 0 Å². The van der Waals surface area contributed by atoms with Crippen LogP contribution in [0.2, 0.25) is 0 Å². The molecule has 1 heterocycles. The summed E-state index contributed by atoms with van der Waals surface area (Å²) < 4.78 is 0. The van der Waals surface area contributed by atoms with Crippen molar-refractivity contribution < 1.29 is 0 Å². The largest absolute Gasteiger partial charge is 0.311 e. The van der Waals surface area contributed by atoms with Crippen molar-refractivity contribution in [1.29, 1.82) is 0 Å². The third-order valence-electron chi connectivity index (χ3n) is 6.09. The number of piperazine rings is 1. The Morgan fingerprint density at radius 1 is 1.10 bits per heavy atom. The van der Waals surface area contributed by atoms with Gasteiger partial charge in [0.1, 0.15) is 0 Å². The third kappa shape index (κ3) is 4.22. The zero-order valence-electron chi connectivity index (χ0n) is 15.2. The van der Waals surface area contributed by atoms with Gasteiger partial charge in [0.05, 0.1) is 0 Å². The van der Waals surface area contributed by atoms with Gasteiger partial charge in [-0.3, -0.25) is 4.90 Å². The summed E-state index contributed by atoms with van der Waals surface area (Å²) >= 11 is 0. The van der Waals surface area contributed by atoms with E-state index in [1.165, 1.54) is 38.8 Å². The smallest absolute Gasteiger partial charge is 0.0247 e. The molecule has 2 aliphatic rings. The van der Waals surface area contributed by atoms with Gasteiger partial charge >= 0.3 is 0 Å². The van der Waals surface area contributed by atoms with Crippen molar-refractivity contribution in [2.45, 2.75) is 85.4 Å². The first-order valence-electron chi connectivity index (χ1n) is 9.39. The zero-order chi connectivity index (χ0) is 15.6. The molecular formula is C19H38N2. The van der Waals surface area contributed by atoms with Crippen LogP contribution in [-0.2, 0) is 0 Å². The molecule has 1 aliphatic heterocycles. The molecule has 0 aromatic carbocycles. The van der Waals surface area contributed by atoms with E-state index in [4.69, 9.17) is 0 Å². The molecule has 0 aromatic rings. The molecule has 0 spiro atoms. The molecule has 0 radical (unpaired) electrons. The maximum Gasteiger partial charge on any atom is 0.0247 e. The average Bonchev–Trinajstić information content (AvgIpc) is 2.41. The van der Waals surface area contributed by atoms with Crippen LogP contribution in [0.3, 0.4) is 0 Å². The summed E-state index contributed by atoms with van der Waals surface area (Å²) in [5, 5.41) is 3.84. The monoisotopic (exact) mass is 294 g/mol. The van der Waals surface area contributed by atoms with Crippen LogP contribution in [0, 0.1) is 23.7 Å². The lowest BCUT2D eigenvalue weighted by atomic mass is 9.76. The highest BCUT2D eigenvalue weighted by atomic mass is 15.3. The molecule has 2 heteroatoms. The Kier molecular flexibility index (Phi) is 6.14. The van der Waals surface area contributed by atoms with E-state index in [-0.39, 0.29) is 0 Å². The minimum absolute atomic E-state index is 0.699. The lowest BCUT2D eigenvalue weighted by Gasteiger charge is -2.51. The zero-order valence-corrected chi connectivity index (χ0v) is 15.2. The Balaban J connectivity index is 2.09. The fourth-order valence-corrected chi connectivity index (χ4v) is 4.61. The van der Waals surface area contributed by atoms with E-state index in [0.717, 1.165) is 35.8 Å². The molecule has 1 aliphatic carbocycles. The van der Waals surface area contributed by atoms with Crippen molar-refractivity contribution >= 4 is 0 Å². The second kappa shape index (κ2) is 7.46. The van der Waals surface area contributed by atoms with Gasteiger partial charge in [-0.05, 0) is 36.5 Å². The highest BCUT2D eigenvalue weighted by Gasteiger charge is 2.39. The molecule has 21 heavy (non-hydrogen) atoms. The molecule has 5 atom stereocenters. The Morgan fingerprint density at radius 3 is 2.43 bits per heavy atom. The Labute approximate surface area is 133 Å². The van der Waals surface area contributed by atoms with Crippen molar-refractivity contribution in [3.63, 3.8) is 0 Å². The Bertz CT molecular complexity index is 313. The third-order valence-corrected chi connectivity index (χ3v) is 6.09. The fraction of sp³-hybridized carbons (Fsp3) is 1.00. The van der Waals surface area contributed by atoms with E-state index in [1.54, 1.807) is 0 Å². The molecule has 0 bridgehead atoms. The van der Waals surface area contributed by atoms with Crippen LogP contribution in [0.15, 0.2) is 0 Å². The SMILES string of the molecule is CC(C)CC1CN(C2CCCC(C)C2C)C(C(C)C)CN1. The number of hydrogen-bond acceptors (Lipinski definition) is 2. The number of nitrogens with one attached hydrogen (secondary N) is 1. The quantitative estimate of drug-likeness (QED) is 0.837. The first-order valence-corrected chi connectivity index (χ1v) is 9.39. The van der Waals surface area contributed by atoms with E-state index in [2.05, 4.69) is 51.8 Å². The minimum Gasteiger partial charge on any atom is -0.311 e. The van der Waals surface area contributed by atoms with Gasteiger partial charge in [-0.15, -0.1) is 0 Å². The minimum atomic E-state index is 0.699. The normalized spacial score (nSPS) is 39.1. The second-order valence-electron chi connectivity index (χ2n) is 8.58. The van der Waals surface area contributed by atoms with Gasteiger partial charge in [0, 0.05) is 31.2 Å². The van der Waals surface area contributed by atoms with E-state index in [0.29, 0.717) is 6.04 Å². The van der Waals surface area contributed by atoms with Crippen LogP contribution in [0.25, 0.3) is 0 Å². The summed E-state index contributed by atoms with van der Waals surface area (Å²) in [5.74, 6) is 3.30. The van der Waals surface area contributed by atoms with Gasteiger partial charge < -0.3 is 5.32 Å². The predicted octanol–water partition coefficient (Wildman–Crippen LogP) is 4.16. The lowest BCUT2D eigenvalue weighted by Crippen LogP contribution is -2.63. The maximum absolute atomic E-state index is 3.84. The van der Waals surface area contributed by atoms with Crippen molar-refractivity contribution in [3.05, 3.63) is 0 Å². The lowest BCUT2D eigenvalue weighted by molar-refractivity contribution is -0.000704. The van der Waals surface area contributed by atoms with Crippen molar-refractivity contribution in [3.8, 4) is 0 Å².